The van der Waals surface area contributed by atoms with Crippen molar-refractivity contribution in [2.45, 2.75) is 37.8 Å². The highest BCUT2D eigenvalue weighted by molar-refractivity contribution is 7.94. The summed E-state index contributed by atoms with van der Waals surface area (Å²) in [6.45, 7) is 7.29. The molecule has 1 amide bonds. The molecule has 0 radical (unpaired) electrons. The van der Waals surface area contributed by atoms with Crippen molar-refractivity contribution in [1.82, 2.24) is 5.16 Å². The van der Waals surface area contributed by atoms with Crippen molar-refractivity contribution in [3.63, 3.8) is 0 Å². The summed E-state index contributed by atoms with van der Waals surface area (Å²) >= 11 is 1.13. The molecular weight excluding hydrogens is 422 g/mol. The van der Waals surface area contributed by atoms with E-state index in [4.69, 9.17) is 4.52 Å². The quantitative estimate of drug-likeness (QED) is 0.527. The van der Waals surface area contributed by atoms with Crippen molar-refractivity contribution in [1.29, 1.82) is 0 Å². The van der Waals surface area contributed by atoms with Gasteiger partial charge in [-0.15, -0.1) is 11.3 Å². The van der Waals surface area contributed by atoms with Crippen molar-refractivity contribution in [2.75, 3.05) is 10.0 Å². The molecule has 2 N–H and O–H groups in total. The van der Waals surface area contributed by atoms with Gasteiger partial charge in [-0.3, -0.25) is 9.52 Å². The fourth-order valence-electron chi connectivity index (χ4n) is 2.70. The number of carbonyl (C=O) groups excluding carboxylic acids is 1. The van der Waals surface area contributed by atoms with Crippen LogP contribution in [0.4, 0.5) is 11.4 Å². The molecule has 0 spiro atoms. The lowest BCUT2D eigenvalue weighted by atomic mass is 10.0. The molecule has 7 nitrogen and oxygen atoms in total. The summed E-state index contributed by atoms with van der Waals surface area (Å²) in [5.41, 5.74) is 2.71. The second-order valence-corrected chi connectivity index (χ2v) is 10.1. The van der Waals surface area contributed by atoms with Crippen LogP contribution in [-0.2, 0) is 14.8 Å². The molecule has 0 aliphatic heterocycles. The number of nitrogens with one attached hydrogen (secondary N) is 2. The van der Waals surface area contributed by atoms with Gasteiger partial charge in [0.05, 0.1) is 0 Å². The van der Waals surface area contributed by atoms with Crippen molar-refractivity contribution >= 4 is 50.8 Å². The predicted octanol–water partition coefficient (Wildman–Crippen LogP) is 5.10. The SMILES string of the molecule is CC(=O)Nc1c(C)noc1C=Cc1ccc(S(=O)(=O)Nc2ccc(C(C)C)cc2)s1. The number of nitrogens with zero attached hydrogens (tertiary/aromatic N) is 1. The van der Waals surface area contributed by atoms with E-state index >= 15 is 0 Å². The molecule has 0 bridgehead atoms. The van der Waals surface area contributed by atoms with E-state index in [2.05, 4.69) is 29.0 Å². The number of anilines is 2. The number of benzene rings is 1. The third kappa shape index (κ3) is 5.17. The van der Waals surface area contributed by atoms with Gasteiger partial charge in [-0.05, 0) is 54.8 Å². The minimum atomic E-state index is -3.69. The Labute approximate surface area is 179 Å². The molecule has 3 aromatic rings. The molecule has 0 fully saturated rings. The van der Waals surface area contributed by atoms with Gasteiger partial charge in [0.1, 0.15) is 15.6 Å². The van der Waals surface area contributed by atoms with Gasteiger partial charge in [-0.2, -0.15) is 0 Å². The van der Waals surface area contributed by atoms with Crippen LogP contribution >= 0.6 is 11.3 Å². The van der Waals surface area contributed by atoms with Crippen LogP contribution in [0.25, 0.3) is 12.2 Å². The van der Waals surface area contributed by atoms with Crippen molar-refractivity contribution in [2.24, 2.45) is 0 Å². The number of aromatic nitrogens is 1. The lowest BCUT2D eigenvalue weighted by Gasteiger charge is -2.09. The van der Waals surface area contributed by atoms with Crippen LogP contribution < -0.4 is 10.0 Å². The number of aryl methyl sites for hydroxylation is 1. The summed E-state index contributed by atoms with van der Waals surface area (Å²) in [5.74, 6) is 0.540. The molecule has 3 rings (SSSR count). The Balaban J connectivity index is 1.75. The normalized spacial score (nSPS) is 11.9. The number of thiophene rings is 1. The fourth-order valence-corrected chi connectivity index (χ4v) is 4.98. The average Bonchev–Trinajstić information content (AvgIpc) is 3.28. The van der Waals surface area contributed by atoms with E-state index in [1.165, 1.54) is 6.92 Å². The molecule has 30 heavy (non-hydrogen) atoms. The highest BCUT2D eigenvalue weighted by Gasteiger charge is 2.17. The van der Waals surface area contributed by atoms with E-state index < -0.39 is 10.0 Å². The van der Waals surface area contributed by atoms with Gasteiger partial charge >= 0.3 is 0 Å². The summed E-state index contributed by atoms with van der Waals surface area (Å²) in [6.07, 6.45) is 3.36. The Morgan fingerprint density at radius 1 is 1.13 bits per heavy atom. The molecule has 0 aliphatic rings. The first-order valence-electron chi connectivity index (χ1n) is 9.30. The highest BCUT2D eigenvalue weighted by atomic mass is 32.2. The molecular formula is C21H23N3O4S2. The first-order valence-corrected chi connectivity index (χ1v) is 11.6. The standard InChI is InChI=1S/C21H23N3O4S2/c1-13(2)16-5-7-17(8-6-16)24-30(26,27)20-12-10-18(29-20)9-11-19-21(22-15(4)25)14(3)23-28-19/h5-13,24H,1-4H3,(H,22,25). The number of hydrogen-bond acceptors (Lipinski definition) is 6. The largest absolute Gasteiger partial charge is 0.354 e. The molecule has 0 saturated carbocycles. The van der Waals surface area contributed by atoms with Crippen molar-refractivity contribution < 1.29 is 17.7 Å². The number of sulfonamides is 1. The first-order chi connectivity index (χ1) is 14.2. The van der Waals surface area contributed by atoms with E-state index in [0.29, 0.717) is 33.6 Å². The van der Waals surface area contributed by atoms with Gasteiger partial charge in [-0.25, -0.2) is 8.42 Å². The molecule has 158 valence electrons. The molecule has 9 heteroatoms. The van der Waals surface area contributed by atoms with Crippen molar-refractivity contribution in [3.05, 3.63) is 58.3 Å². The Hall–Kier alpha value is -2.91. The van der Waals surface area contributed by atoms with Crippen molar-refractivity contribution in [3.8, 4) is 0 Å². The zero-order valence-electron chi connectivity index (χ0n) is 17.1. The molecule has 1 aromatic carbocycles. The zero-order valence-corrected chi connectivity index (χ0v) is 18.7. The number of rotatable bonds is 7. The Bertz CT molecular complexity index is 1170. The van der Waals surface area contributed by atoms with Crippen LogP contribution in [0.5, 0.6) is 0 Å². The second-order valence-electron chi connectivity index (χ2n) is 7.06. The van der Waals surface area contributed by atoms with Gasteiger partial charge in [0, 0.05) is 17.5 Å². The number of hydrogen-bond donors (Lipinski definition) is 2. The van der Waals surface area contributed by atoms with Gasteiger partial charge < -0.3 is 9.84 Å². The molecule has 2 heterocycles. The lowest BCUT2D eigenvalue weighted by Crippen LogP contribution is -2.11. The molecule has 0 atom stereocenters. The summed E-state index contributed by atoms with van der Waals surface area (Å²) in [6, 6.07) is 10.6. The molecule has 0 aliphatic carbocycles. The third-order valence-corrected chi connectivity index (χ3v) is 7.21. The summed E-state index contributed by atoms with van der Waals surface area (Å²) < 4.78 is 33.4. The fraction of sp³-hybridized carbons (Fsp3) is 0.238. The summed E-state index contributed by atoms with van der Waals surface area (Å²) in [4.78, 5) is 12.0. The van der Waals surface area contributed by atoms with Crippen LogP contribution in [0.15, 0.2) is 45.1 Å². The smallest absolute Gasteiger partial charge is 0.271 e. The summed E-state index contributed by atoms with van der Waals surface area (Å²) in [5, 5.41) is 6.52. The van der Waals surface area contributed by atoms with E-state index in [0.717, 1.165) is 16.9 Å². The minimum Gasteiger partial charge on any atom is -0.354 e. The molecule has 2 aromatic heterocycles. The Morgan fingerprint density at radius 2 is 1.83 bits per heavy atom. The Kier molecular flexibility index (Phi) is 6.42. The highest BCUT2D eigenvalue weighted by Crippen LogP contribution is 2.28. The average molecular weight is 446 g/mol. The van der Waals surface area contributed by atoms with E-state index in [1.807, 2.05) is 12.1 Å². The van der Waals surface area contributed by atoms with Gasteiger partial charge in [-0.1, -0.05) is 31.1 Å². The van der Waals surface area contributed by atoms with Crippen LogP contribution in [0, 0.1) is 6.92 Å². The topological polar surface area (TPSA) is 101 Å². The van der Waals surface area contributed by atoms with E-state index in [9.17, 15) is 13.2 Å². The monoisotopic (exact) mass is 445 g/mol. The maximum absolute atomic E-state index is 12.7. The number of carbonyl (C=O) groups is 1. The first kappa shape index (κ1) is 21.8. The summed E-state index contributed by atoms with van der Waals surface area (Å²) in [7, 11) is -3.69. The second kappa shape index (κ2) is 8.85. The van der Waals surface area contributed by atoms with Crippen LogP contribution in [0.2, 0.25) is 0 Å². The Morgan fingerprint density at radius 3 is 2.47 bits per heavy atom. The van der Waals surface area contributed by atoms with Gasteiger partial charge in [0.2, 0.25) is 5.91 Å². The zero-order chi connectivity index (χ0) is 21.9. The third-order valence-electron chi connectivity index (χ3n) is 4.29. The number of amides is 1. The van der Waals surface area contributed by atoms with Crippen LogP contribution in [-0.4, -0.2) is 19.5 Å². The van der Waals surface area contributed by atoms with E-state index in [-0.39, 0.29) is 10.1 Å². The lowest BCUT2D eigenvalue weighted by molar-refractivity contribution is -0.114. The maximum atomic E-state index is 12.7. The van der Waals surface area contributed by atoms with Crippen LogP contribution in [0.3, 0.4) is 0 Å². The maximum Gasteiger partial charge on any atom is 0.271 e. The van der Waals surface area contributed by atoms with Crippen LogP contribution in [0.1, 0.15) is 48.6 Å². The van der Waals surface area contributed by atoms with Gasteiger partial charge in [0.25, 0.3) is 10.0 Å². The van der Waals surface area contributed by atoms with E-state index in [1.54, 1.807) is 43.3 Å². The minimum absolute atomic E-state index is 0.200. The predicted molar refractivity (Wildman–Crippen MR) is 120 cm³/mol. The van der Waals surface area contributed by atoms with Gasteiger partial charge in [0.15, 0.2) is 5.76 Å². The molecule has 0 unspecified atom stereocenters. The molecule has 0 saturated heterocycles.